The third-order valence-corrected chi connectivity index (χ3v) is 4.81. The van der Waals surface area contributed by atoms with Gasteiger partial charge in [0.15, 0.2) is 0 Å². The minimum Gasteiger partial charge on any atom is -0.383 e. The zero-order valence-corrected chi connectivity index (χ0v) is 12.5. The van der Waals surface area contributed by atoms with Gasteiger partial charge in [-0.3, -0.25) is 4.90 Å². The second kappa shape index (κ2) is 5.89. The number of rotatable bonds is 6. The number of piperazine rings is 1. The Balaban J connectivity index is 2.02. The first-order chi connectivity index (χ1) is 8.60. The van der Waals surface area contributed by atoms with Crippen molar-refractivity contribution in [1.29, 1.82) is 0 Å². The van der Waals surface area contributed by atoms with Crippen LogP contribution in [0.15, 0.2) is 0 Å². The smallest absolute Gasteiger partial charge is 0.0618 e. The summed E-state index contributed by atoms with van der Waals surface area (Å²) in [5.41, 5.74) is 0.340. The van der Waals surface area contributed by atoms with E-state index in [2.05, 4.69) is 31.0 Å². The first-order valence-electron chi connectivity index (χ1n) is 7.60. The van der Waals surface area contributed by atoms with Crippen LogP contribution in [0.25, 0.3) is 0 Å². The van der Waals surface area contributed by atoms with Gasteiger partial charge in [0.25, 0.3) is 0 Å². The minimum absolute atomic E-state index is 0.340. The topological polar surface area (TPSA) is 24.5 Å². The molecule has 2 fully saturated rings. The molecule has 0 bridgehead atoms. The van der Waals surface area contributed by atoms with Gasteiger partial charge < -0.3 is 10.1 Å². The Bertz CT molecular complexity index is 261. The van der Waals surface area contributed by atoms with Gasteiger partial charge >= 0.3 is 0 Å². The first kappa shape index (κ1) is 14.3. The molecule has 1 N–H and O–H groups in total. The lowest BCUT2D eigenvalue weighted by Crippen LogP contribution is -2.65. The van der Waals surface area contributed by atoms with Crippen molar-refractivity contribution in [2.75, 3.05) is 26.8 Å². The molecule has 3 nitrogen and oxygen atoms in total. The molecule has 1 aliphatic carbocycles. The molecule has 3 atom stereocenters. The third-order valence-electron chi connectivity index (χ3n) is 4.81. The van der Waals surface area contributed by atoms with Crippen LogP contribution in [-0.4, -0.2) is 49.3 Å². The molecule has 0 aromatic rings. The van der Waals surface area contributed by atoms with E-state index >= 15 is 0 Å². The molecule has 1 heterocycles. The largest absolute Gasteiger partial charge is 0.383 e. The normalized spacial score (nSPS) is 35.7. The van der Waals surface area contributed by atoms with Gasteiger partial charge in [0.2, 0.25) is 0 Å². The van der Waals surface area contributed by atoms with Crippen LogP contribution in [-0.2, 0) is 4.74 Å². The van der Waals surface area contributed by atoms with E-state index in [4.69, 9.17) is 4.74 Å². The molecule has 0 spiro atoms. The summed E-state index contributed by atoms with van der Waals surface area (Å²) in [5.74, 6) is 0.900. The summed E-state index contributed by atoms with van der Waals surface area (Å²) in [4.78, 5) is 2.70. The SMILES string of the molecule is CCCC(COC)N1CC(C)(C2CC2)NCC1C. The van der Waals surface area contributed by atoms with Crippen molar-refractivity contribution < 1.29 is 4.74 Å². The maximum absolute atomic E-state index is 5.44. The quantitative estimate of drug-likeness (QED) is 0.787. The van der Waals surface area contributed by atoms with Gasteiger partial charge in [-0.15, -0.1) is 0 Å². The molecule has 0 amide bonds. The van der Waals surface area contributed by atoms with Gasteiger partial charge in [0, 0.05) is 37.8 Å². The highest BCUT2D eigenvalue weighted by atomic mass is 16.5. The maximum atomic E-state index is 5.44. The van der Waals surface area contributed by atoms with E-state index in [0.717, 1.165) is 19.1 Å². The van der Waals surface area contributed by atoms with Crippen LogP contribution >= 0.6 is 0 Å². The molecular weight excluding hydrogens is 224 g/mol. The van der Waals surface area contributed by atoms with Crippen molar-refractivity contribution in [3.63, 3.8) is 0 Å². The first-order valence-corrected chi connectivity index (χ1v) is 7.60. The maximum Gasteiger partial charge on any atom is 0.0618 e. The number of methoxy groups -OCH3 is 1. The molecule has 2 rings (SSSR count). The fourth-order valence-corrected chi connectivity index (χ4v) is 3.44. The van der Waals surface area contributed by atoms with Crippen molar-refractivity contribution in [1.82, 2.24) is 10.2 Å². The van der Waals surface area contributed by atoms with Gasteiger partial charge in [0.05, 0.1) is 6.61 Å². The number of nitrogens with one attached hydrogen (secondary N) is 1. The van der Waals surface area contributed by atoms with Crippen LogP contribution in [0.5, 0.6) is 0 Å². The molecule has 3 heteroatoms. The van der Waals surface area contributed by atoms with Crippen LogP contribution < -0.4 is 5.32 Å². The Hall–Kier alpha value is -0.120. The van der Waals surface area contributed by atoms with E-state index in [-0.39, 0.29) is 0 Å². The molecule has 1 saturated heterocycles. The van der Waals surface area contributed by atoms with E-state index in [1.54, 1.807) is 0 Å². The minimum atomic E-state index is 0.340. The van der Waals surface area contributed by atoms with Gasteiger partial charge in [-0.1, -0.05) is 13.3 Å². The Morgan fingerprint density at radius 3 is 2.72 bits per heavy atom. The van der Waals surface area contributed by atoms with Crippen molar-refractivity contribution in [2.45, 2.75) is 64.1 Å². The van der Waals surface area contributed by atoms with Crippen molar-refractivity contribution in [3.05, 3.63) is 0 Å². The predicted molar refractivity (Wildman–Crippen MR) is 75.9 cm³/mol. The fourth-order valence-electron chi connectivity index (χ4n) is 3.44. The Morgan fingerprint density at radius 2 is 2.17 bits per heavy atom. The Kier molecular flexibility index (Phi) is 4.68. The van der Waals surface area contributed by atoms with Crippen molar-refractivity contribution in [3.8, 4) is 0 Å². The molecule has 1 aliphatic heterocycles. The Morgan fingerprint density at radius 1 is 1.44 bits per heavy atom. The molecule has 0 radical (unpaired) electrons. The molecule has 18 heavy (non-hydrogen) atoms. The van der Waals surface area contributed by atoms with Crippen molar-refractivity contribution in [2.24, 2.45) is 5.92 Å². The summed E-state index contributed by atoms with van der Waals surface area (Å²) in [6.07, 6.45) is 5.31. The summed E-state index contributed by atoms with van der Waals surface area (Å²) in [7, 11) is 1.83. The highest BCUT2D eigenvalue weighted by molar-refractivity contribution is 5.04. The lowest BCUT2D eigenvalue weighted by Gasteiger charge is -2.48. The highest BCUT2D eigenvalue weighted by Crippen LogP contribution is 2.41. The molecule has 2 aliphatic rings. The van der Waals surface area contributed by atoms with E-state index in [0.29, 0.717) is 17.6 Å². The molecule has 106 valence electrons. The van der Waals surface area contributed by atoms with Crippen LogP contribution in [0.2, 0.25) is 0 Å². The molecule has 3 unspecified atom stereocenters. The number of ether oxygens (including phenoxy) is 1. The van der Waals surface area contributed by atoms with E-state index in [1.807, 2.05) is 7.11 Å². The number of hydrogen-bond donors (Lipinski definition) is 1. The van der Waals surface area contributed by atoms with Gasteiger partial charge in [0.1, 0.15) is 0 Å². The highest BCUT2D eigenvalue weighted by Gasteiger charge is 2.46. The Labute approximate surface area is 112 Å². The average molecular weight is 254 g/mol. The summed E-state index contributed by atoms with van der Waals surface area (Å²) < 4.78 is 5.44. The molecule has 0 aromatic carbocycles. The van der Waals surface area contributed by atoms with Crippen LogP contribution in [0.4, 0.5) is 0 Å². The van der Waals surface area contributed by atoms with Gasteiger partial charge in [-0.05, 0) is 39.0 Å². The standard InChI is InChI=1S/C15H30N2O/c1-5-6-14(10-18-4)17-11-15(3,13-7-8-13)16-9-12(17)2/h12-14,16H,5-11H2,1-4H3. The average Bonchev–Trinajstić information content (AvgIpc) is 3.17. The second-order valence-corrected chi connectivity index (χ2v) is 6.49. The van der Waals surface area contributed by atoms with E-state index in [9.17, 15) is 0 Å². The molecular formula is C15H30N2O. The number of hydrogen-bond acceptors (Lipinski definition) is 3. The number of nitrogens with zero attached hydrogens (tertiary/aromatic N) is 1. The lowest BCUT2D eigenvalue weighted by molar-refractivity contribution is 0.00843. The summed E-state index contributed by atoms with van der Waals surface area (Å²) in [5, 5.41) is 3.79. The van der Waals surface area contributed by atoms with Crippen molar-refractivity contribution >= 4 is 0 Å². The summed E-state index contributed by atoms with van der Waals surface area (Å²) >= 11 is 0. The molecule has 1 saturated carbocycles. The van der Waals surface area contributed by atoms with Crippen LogP contribution in [0, 0.1) is 5.92 Å². The fraction of sp³-hybridized carbons (Fsp3) is 1.00. The second-order valence-electron chi connectivity index (χ2n) is 6.49. The predicted octanol–water partition coefficient (Wildman–Crippen LogP) is 2.26. The van der Waals surface area contributed by atoms with Crippen LogP contribution in [0.3, 0.4) is 0 Å². The van der Waals surface area contributed by atoms with E-state index in [1.165, 1.54) is 32.2 Å². The molecule has 0 aromatic heterocycles. The van der Waals surface area contributed by atoms with Gasteiger partial charge in [-0.25, -0.2) is 0 Å². The summed E-state index contributed by atoms with van der Waals surface area (Å²) in [6.45, 7) is 10.2. The lowest BCUT2D eigenvalue weighted by atomic mass is 9.89. The van der Waals surface area contributed by atoms with Crippen LogP contribution in [0.1, 0.15) is 46.5 Å². The van der Waals surface area contributed by atoms with Gasteiger partial charge in [-0.2, -0.15) is 0 Å². The summed E-state index contributed by atoms with van der Waals surface area (Å²) in [6, 6.07) is 1.22. The zero-order chi connectivity index (χ0) is 13.2. The third kappa shape index (κ3) is 3.06. The van der Waals surface area contributed by atoms with E-state index < -0.39 is 0 Å². The monoisotopic (exact) mass is 254 g/mol. The zero-order valence-electron chi connectivity index (χ0n) is 12.5.